The van der Waals surface area contributed by atoms with E-state index in [-0.39, 0.29) is 0 Å². The first-order valence-corrected chi connectivity index (χ1v) is 6.82. The van der Waals surface area contributed by atoms with E-state index < -0.39 is 0 Å². The van der Waals surface area contributed by atoms with Crippen LogP contribution in [-0.4, -0.2) is 25.3 Å². The van der Waals surface area contributed by atoms with Crippen LogP contribution in [-0.2, 0) is 4.74 Å². The van der Waals surface area contributed by atoms with Gasteiger partial charge in [-0.3, -0.25) is 0 Å². The highest BCUT2D eigenvalue weighted by Gasteiger charge is 2.19. The second-order valence-electron chi connectivity index (χ2n) is 6.36. The quantitative estimate of drug-likeness (QED) is 0.642. The van der Waals surface area contributed by atoms with Gasteiger partial charge in [0.2, 0.25) is 0 Å². The number of hydrogen-bond donors (Lipinski definition) is 1. The minimum Gasteiger partial charge on any atom is -0.378 e. The molecule has 0 aliphatic heterocycles. The van der Waals surface area contributed by atoms with Gasteiger partial charge in [-0.2, -0.15) is 0 Å². The third kappa shape index (κ3) is 8.12. The van der Waals surface area contributed by atoms with Crippen LogP contribution >= 0.6 is 0 Å². The maximum Gasteiger partial charge on any atom is 0.0547 e. The number of ether oxygens (including phenoxy) is 1. The fraction of sp³-hybridized carbons (Fsp3) is 1.00. The Kier molecular flexibility index (Phi) is 5.77. The van der Waals surface area contributed by atoms with Crippen LogP contribution in [0.25, 0.3) is 0 Å². The lowest BCUT2D eigenvalue weighted by Crippen LogP contribution is -2.20. The Balaban J connectivity index is 1.87. The molecule has 0 saturated heterocycles. The first-order valence-electron chi connectivity index (χ1n) is 6.82. The van der Waals surface area contributed by atoms with Gasteiger partial charge in [0.05, 0.1) is 6.10 Å². The van der Waals surface area contributed by atoms with E-state index in [0.717, 1.165) is 25.6 Å². The first-order chi connectivity index (χ1) is 7.47. The van der Waals surface area contributed by atoms with Crippen molar-refractivity contribution in [3.8, 4) is 0 Å². The molecule has 0 aromatic carbocycles. The van der Waals surface area contributed by atoms with E-state index in [9.17, 15) is 0 Å². The average Bonchev–Trinajstić information content (AvgIpc) is 2.94. The van der Waals surface area contributed by atoms with Crippen LogP contribution in [0.1, 0.15) is 59.8 Å². The molecule has 1 saturated carbocycles. The topological polar surface area (TPSA) is 21.3 Å². The van der Waals surface area contributed by atoms with E-state index in [1.807, 2.05) is 0 Å². The molecule has 0 aromatic rings. The summed E-state index contributed by atoms with van der Waals surface area (Å²) < 4.78 is 5.81. The van der Waals surface area contributed by atoms with Crippen molar-refractivity contribution in [2.24, 2.45) is 5.41 Å². The summed E-state index contributed by atoms with van der Waals surface area (Å²) in [6.45, 7) is 11.1. The smallest absolute Gasteiger partial charge is 0.0547 e. The molecule has 1 rings (SSSR count). The van der Waals surface area contributed by atoms with Gasteiger partial charge < -0.3 is 10.1 Å². The molecule has 2 heteroatoms. The average molecular weight is 227 g/mol. The van der Waals surface area contributed by atoms with E-state index in [4.69, 9.17) is 4.74 Å². The van der Waals surface area contributed by atoms with Gasteiger partial charge in [0.15, 0.2) is 0 Å². The monoisotopic (exact) mass is 227 g/mol. The van der Waals surface area contributed by atoms with Gasteiger partial charge >= 0.3 is 0 Å². The Labute approximate surface area is 101 Å². The number of nitrogens with one attached hydrogen (secondary N) is 1. The van der Waals surface area contributed by atoms with Gasteiger partial charge in [-0.25, -0.2) is 0 Å². The van der Waals surface area contributed by atoms with Crippen molar-refractivity contribution in [2.75, 3.05) is 13.2 Å². The van der Waals surface area contributed by atoms with Crippen LogP contribution in [0.2, 0.25) is 0 Å². The highest BCUT2D eigenvalue weighted by atomic mass is 16.5. The minimum atomic E-state index is 0.396. The van der Waals surface area contributed by atoms with Gasteiger partial charge in [0.25, 0.3) is 0 Å². The predicted octanol–water partition coefficient (Wildman–Crippen LogP) is 3.36. The van der Waals surface area contributed by atoms with Crippen molar-refractivity contribution in [2.45, 2.75) is 71.9 Å². The van der Waals surface area contributed by atoms with Gasteiger partial charge in [-0.05, 0) is 51.0 Å². The standard InChI is InChI=1S/C14H29NO/c1-12(16-11-9-14(2,3)4)6-5-10-15-13-7-8-13/h12-13,15H,5-11H2,1-4H3. The van der Waals surface area contributed by atoms with Crippen LogP contribution in [0.4, 0.5) is 0 Å². The molecule has 0 spiro atoms. The zero-order valence-electron chi connectivity index (χ0n) is 11.5. The molecule has 0 aromatic heterocycles. The van der Waals surface area contributed by atoms with Crippen molar-refractivity contribution >= 4 is 0 Å². The SMILES string of the molecule is CC(CCCNC1CC1)OCCC(C)(C)C. The molecule has 1 atom stereocenters. The molecule has 0 radical (unpaired) electrons. The molecular formula is C14H29NO. The molecule has 0 bridgehead atoms. The van der Waals surface area contributed by atoms with E-state index in [1.165, 1.54) is 25.7 Å². The lowest BCUT2D eigenvalue weighted by molar-refractivity contribution is 0.0430. The van der Waals surface area contributed by atoms with Crippen molar-refractivity contribution in [1.82, 2.24) is 5.32 Å². The Morgan fingerprint density at radius 3 is 2.56 bits per heavy atom. The van der Waals surface area contributed by atoms with E-state index >= 15 is 0 Å². The van der Waals surface area contributed by atoms with Crippen molar-refractivity contribution in [3.05, 3.63) is 0 Å². The molecular weight excluding hydrogens is 198 g/mol. The zero-order valence-corrected chi connectivity index (χ0v) is 11.5. The largest absolute Gasteiger partial charge is 0.378 e. The number of hydrogen-bond acceptors (Lipinski definition) is 2. The van der Waals surface area contributed by atoms with E-state index in [1.54, 1.807) is 0 Å². The third-order valence-electron chi connectivity index (χ3n) is 3.05. The summed E-state index contributed by atoms with van der Waals surface area (Å²) >= 11 is 0. The summed E-state index contributed by atoms with van der Waals surface area (Å²) in [5.41, 5.74) is 0.396. The summed E-state index contributed by atoms with van der Waals surface area (Å²) in [6.07, 6.45) is 6.77. The maximum absolute atomic E-state index is 5.81. The fourth-order valence-electron chi connectivity index (χ4n) is 1.63. The van der Waals surface area contributed by atoms with Gasteiger partial charge in [0.1, 0.15) is 0 Å². The maximum atomic E-state index is 5.81. The van der Waals surface area contributed by atoms with Crippen molar-refractivity contribution in [1.29, 1.82) is 0 Å². The molecule has 2 nitrogen and oxygen atoms in total. The predicted molar refractivity (Wildman–Crippen MR) is 69.7 cm³/mol. The van der Waals surface area contributed by atoms with Gasteiger partial charge in [-0.15, -0.1) is 0 Å². The molecule has 1 fully saturated rings. The summed E-state index contributed by atoms with van der Waals surface area (Å²) in [6, 6.07) is 0.845. The lowest BCUT2D eigenvalue weighted by Gasteiger charge is -2.20. The first kappa shape index (κ1) is 14.0. The summed E-state index contributed by atoms with van der Waals surface area (Å²) in [5.74, 6) is 0. The van der Waals surface area contributed by atoms with Gasteiger partial charge in [-0.1, -0.05) is 20.8 Å². The molecule has 0 amide bonds. The van der Waals surface area contributed by atoms with Crippen LogP contribution in [0.15, 0.2) is 0 Å². The molecule has 0 heterocycles. The zero-order chi connectivity index (χ0) is 12.0. The van der Waals surface area contributed by atoms with Crippen LogP contribution in [0, 0.1) is 5.41 Å². The van der Waals surface area contributed by atoms with Gasteiger partial charge in [0, 0.05) is 12.6 Å². The highest BCUT2D eigenvalue weighted by Crippen LogP contribution is 2.19. The fourth-order valence-corrected chi connectivity index (χ4v) is 1.63. The van der Waals surface area contributed by atoms with Crippen LogP contribution in [0.3, 0.4) is 0 Å². The van der Waals surface area contributed by atoms with Crippen molar-refractivity contribution in [3.63, 3.8) is 0 Å². The minimum absolute atomic E-state index is 0.396. The Morgan fingerprint density at radius 1 is 1.31 bits per heavy atom. The normalized spacial score (nSPS) is 18.8. The molecule has 1 unspecified atom stereocenters. The molecule has 16 heavy (non-hydrogen) atoms. The summed E-state index contributed by atoms with van der Waals surface area (Å²) in [5, 5.41) is 3.54. The Bertz CT molecular complexity index is 182. The molecule has 96 valence electrons. The lowest BCUT2D eigenvalue weighted by atomic mass is 9.93. The van der Waals surface area contributed by atoms with E-state index in [0.29, 0.717) is 11.5 Å². The third-order valence-corrected chi connectivity index (χ3v) is 3.05. The molecule has 1 aliphatic rings. The van der Waals surface area contributed by atoms with E-state index in [2.05, 4.69) is 33.0 Å². The Hall–Kier alpha value is -0.0800. The van der Waals surface area contributed by atoms with Crippen LogP contribution < -0.4 is 5.32 Å². The Morgan fingerprint density at radius 2 is 2.00 bits per heavy atom. The second-order valence-corrected chi connectivity index (χ2v) is 6.36. The summed E-state index contributed by atoms with van der Waals surface area (Å²) in [4.78, 5) is 0. The second kappa shape index (κ2) is 6.61. The summed E-state index contributed by atoms with van der Waals surface area (Å²) in [7, 11) is 0. The highest BCUT2D eigenvalue weighted by molar-refractivity contribution is 4.80. The molecule has 1 aliphatic carbocycles. The van der Waals surface area contributed by atoms with Crippen molar-refractivity contribution < 1.29 is 4.74 Å². The number of rotatable bonds is 8. The molecule has 1 N–H and O–H groups in total. The van der Waals surface area contributed by atoms with Crippen LogP contribution in [0.5, 0.6) is 0 Å².